The topological polar surface area (TPSA) is 87.7 Å². The predicted molar refractivity (Wildman–Crippen MR) is 108 cm³/mol. The molecule has 0 fully saturated rings. The van der Waals surface area contributed by atoms with Crippen LogP contribution < -0.4 is 20.5 Å². The predicted octanol–water partition coefficient (Wildman–Crippen LogP) is 1.80. The molecule has 0 saturated heterocycles. The highest BCUT2D eigenvalue weighted by Gasteiger charge is 2.26. The van der Waals surface area contributed by atoms with E-state index in [1.54, 1.807) is 24.3 Å². The van der Waals surface area contributed by atoms with E-state index in [0.717, 1.165) is 5.56 Å². The fourth-order valence-electron chi connectivity index (χ4n) is 2.63. The van der Waals surface area contributed by atoms with E-state index in [0.29, 0.717) is 17.2 Å². The second-order valence-electron chi connectivity index (χ2n) is 6.31. The van der Waals surface area contributed by atoms with Gasteiger partial charge in [-0.3, -0.25) is 30.1 Å². The van der Waals surface area contributed by atoms with Gasteiger partial charge in [-0.15, -0.1) is 11.8 Å². The molecule has 0 atom stereocenters. The summed E-state index contributed by atoms with van der Waals surface area (Å²) >= 11 is 1.45. The molecule has 0 saturated carbocycles. The van der Waals surface area contributed by atoms with Gasteiger partial charge in [-0.05, 0) is 24.6 Å². The number of hydrogen-bond acceptors (Lipinski definition) is 5. The van der Waals surface area contributed by atoms with Gasteiger partial charge in [0.2, 0.25) is 5.91 Å². The Hall–Kier alpha value is -3.00. The van der Waals surface area contributed by atoms with E-state index in [1.807, 2.05) is 31.2 Å². The number of hydrogen-bond donors (Lipinski definition) is 2. The maximum Gasteiger partial charge on any atom is 0.265 e. The Bertz CT molecular complexity index is 870. The number of benzene rings is 2. The van der Waals surface area contributed by atoms with Crippen LogP contribution in [-0.2, 0) is 20.1 Å². The first-order valence-electron chi connectivity index (χ1n) is 8.76. The van der Waals surface area contributed by atoms with Crippen molar-refractivity contribution in [2.24, 2.45) is 0 Å². The molecule has 28 heavy (non-hydrogen) atoms. The molecule has 2 aromatic rings. The van der Waals surface area contributed by atoms with Crippen molar-refractivity contribution in [3.63, 3.8) is 0 Å². The average molecular weight is 399 g/mol. The number of anilines is 1. The third kappa shape index (κ3) is 5.26. The summed E-state index contributed by atoms with van der Waals surface area (Å²) in [5, 5.41) is 0. The molecule has 1 aliphatic rings. The van der Waals surface area contributed by atoms with Crippen molar-refractivity contribution >= 4 is 35.2 Å². The third-order valence-electron chi connectivity index (χ3n) is 4.07. The average Bonchev–Trinajstić information content (AvgIpc) is 2.70. The first-order chi connectivity index (χ1) is 13.5. The summed E-state index contributed by atoms with van der Waals surface area (Å²) < 4.78 is 5.34. The van der Waals surface area contributed by atoms with Gasteiger partial charge in [-0.2, -0.15) is 0 Å². The lowest BCUT2D eigenvalue weighted by atomic mass is 10.2. The van der Waals surface area contributed by atoms with Crippen LogP contribution in [0, 0.1) is 6.92 Å². The number of rotatable bonds is 6. The molecule has 0 aliphatic carbocycles. The second kappa shape index (κ2) is 9.27. The van der Waals surface area contributed by atoms with Gasteiger partial charge in [0.05, 0.1) is 11.4 Å². The summed E-state index contributed by atoms with van der Waals surface area (Å²) in [7, 11) is 0. The summed E-state index contributed by atoms with van der Waals surface area (Å²) in [5.41, 5.74) is 7.59. The van der Waals surface area contributed by atoms with Gasteiger partial charge in [0.25, 0.3) is 11.8 Å². The Morgan fingerprint density at radius 1 is 1.07 bits per heavy atom. The first kappa shape index (κ1) is 19.8. The number of para-hydroxylation sites is 2. The van der Waals surface area contributed by atoms with Gasteiger partial charge in [-0.25, -0.2) is 0 Å². The number of thioether (sulfide) groups is 1. The van der Waals surface area contributed by atoms with Crippen molar-refractivity contribution in [2.75, 3.05) is 23.8 Å². The molecule has 1 heterocycles. The number of nitrogens with zero attached hydrogens (tertiary/aromatic N) is 1. The molecule has 146 valence electrons. The standard InChI is InChI=1S/C20H21N3O4S/c1-14-6-8-15(9-7-14)12-28-13-19(25)22-21-18(24)10-23-16-4-2-3-5-17(16)27-11-20(23)26/h2-9H,10-13H2,1H3,(H,21,24)(H,22,25). The number of carbonyl (C=O) groups is 3. The normalized spacial score (nSPS) is 12.8. The molecule has 2 aromatic carbocycles. The van der Waals surface area contributed by atoms with Crippen molar-refractivity contribution in [2.45, 2.75) is 12.7 Å². The zero-order chi connectivity index (χ0) is 19.9. The van der Waals surface area contributed by atoms with Crippen LogP contribution in [0.1, 0.15) is 11.1 Å². The highest BCUT2D eigenvalue weighted by molar-refractivity contribution is 7.99. The molecule has 2 N–H and O–H groups in total. The largest absolute Gasteiger partial charge is 0.482 e. The molecule has 8 heteroatoms. The Labute approximate surface area is 167 Å². The lowest BCUT2D eigenvalue weighted by molar-refractivity contribution is -0.128. The van der Waals surface area contributed by atoms with Crippen molar-refractivity contribution < 1.29 is 19.1 Å². The van der Waals surface area contributed by atoms with Crippen LogP contribution in [0.4, 0.5) is 5.69 Å². The molecular formula is C20H21N3O4S. The maximum atomic E-state index is 12.1. The lowest BCUT2D eigenvalue weighted by Gasteiger charge is -2.28. The highest BCUT2D eigenvalue weighted by Crippen LogP contribution is 2.31. The van der Waals surface area contributed by atoms with Crippen LogP contribution in [0.25, 0.3) is 0 Å². The Morgan fingerprint density at radius 3 is 2.57 bits per heavy atom. The third-order valence-corrected chi connectivity index (χ3v) is 5.08. The van der Waals surface area contributed by atoms with Gasteiger partial charge < -0.3 is 4.74 Å². The number of hydrazine groups is 1. The van der Waals surface area contributed by atoms with E-state index in [9.17, 15) is 14.4 Å². The number of amides is 3. The van der Waals surface area contributed by atoms with Crippen molar-refractivity contribution in [3.8, 4) is 5.75 Å². The van der Waals surface area contributed by atoms with Crippen LogP contribution in [0.2, 0.25) is 0 Å². The Balaban J connectivity index is 1.42. The molecular weight excluding hydrogens is 378 g/mol. The number of fused-ring (bicyclic) bond motifs is 1. The van der Waals surface area contributed by atoms with E-state index in [2.05, 4.69) is 10.9 Å². The summed E-state index contributed by atoms with van der Waals surface area (Å²) in [5.74, 6) is 0.371. The van der Waals surface area contributed by atoms with Crippen LogP contribution in [0.5, 0.6) is 5.75 Å². The number of nitrogens with one attached hydrogen (secondary N) is 2. The number of aryl methyl sites for hydroxylation is 1. The van der Waals surface area contributed by atoms with Crippen LogP contribution in [0.15, 0.2) is 48.5 Å². The SMILES string of the molecule is Cc1ccc(CSCC(=O)NNC(=O)CN2C(=O)COc3ccccc32)cc1. The molecule has 3 amide bonds. The van der Waals surface area contributed by atoms with E-state index >= 15 is 0 Å². The molecule has 0 radical (unpaired) electrons. The number of ether oxygens (including phenoxy) is 1. The van der Waals surface area contributed by atoms with Crippen molar-refractivity contribution in [1.82, 2.24) is 10.9 Å². The summed E-state index contributed by atoms with van der Waals surface area (Å²) in [6, 6.07) is 15.1. The second-order valence-corrected chi connectivity index (χ2v) is 7.30. The van der Waals surface area contributed by atoms with Crippen LogP contribution >= 0.6 is 11.8 Å². The van der Waals surface area contributed by atoms with E-state index in [4.69, 9.17) is 4.74 Å². The molecule has 0 aromatic heterocycles. The van der Waals surface area contributed by atoms with Crippen molar-refractivity contribution in [3.05, 3.63) is 59.7 Å². The maximum absolute atomic E-state index is 12.1. The molecule has 0 bridgehead atoms. The zero-order valence-corrected chi connectivity index (χ0v) is 16.3. The summed E-state index contributed by atoms with van der Waals surface area (Å²) in [6.07, 6.45) is 0. The Kier molecular flexibility index (Phi) is 6.54. The van der Waals surface area contributed by atoms with Gasteiger partial charge in [0, 0.05) is 5.75 Å². The van der Waals surface area contributed by atoms with Crippen molar-refractivity contribution in [1.29, 1.82) is 0 Å². The first-order valence-corrected chi connectivity index (χ1v) is 9.91. The number of carbonyl (C=O) groups excluding carboxylic acids is 3. The van der Waals surface area contributed by atoms with E-state index < -0.39 is 5.91 Å². The van der Waals surface area contributed by atoms with Gasteiger partial charge in [-0.1, -0.05) is 42.0 Å². The van der Waals surface area contributed by atoms with Gasteiger partial charge >= 0.3 is 0 Å². The minimum absolute atomic E-state index is 0.119. The van der Waals surface area contributed by atoms with Crippen LogP contribution in [-0.4, -0.2) is 36.6 Å². The van der Waals surface area contributed by atoms with Crippen LogP contribution in [0.3, 0.4) is 0 Å². The summed E-state index contributed by atoms with van der Waals surface area (Å²) in [6.45, 7) is 1.71. The fourth-order valence-corrected chi connectivity index (χ4v) is 3.42. The highest BCUT2D eigenvalue weighted by atomic mass is 32.2. The van der Waals surface area contributed by atoms with Gasteiger partial charge in [0.15, 0.2) is 6.61 Å². The molecule has 0 spiro atoms. The van der Waals surface area contributed by atoms with Gasteiger partial charge in [0.1, 0.15) is 12.3 Å². The quantitative estimate of drug-likeness (QED) is 0.724. The lowest BCUT2D eigenvalue weighted by Crippen LogP contribution is -2.50. The van der Waals surface area contributed by atoms with E-state index in [1.165, 1.54) is 22.2 Å². The molecule has 0 unspecified atom stereocenters. The molecule has 3 rings (SSSR count). The zero-order valence-electron chi connectivity index (χ0n) is 15.4. The minimum Gasteiger partial charge on any atom is -0.482 e. The molecule has 7 nitrogen and oxygen atoms in total. The Morgan fingerprint density at radius 2 is 1.79 bits per heavy atom. The fraction of sp³-hybridized carbons (Fsp3) is 0.250. The van der Waals surface area contributed by atoms with E-state index in [-0.39, 0.29) is 30.7 Å². The summed E-state index contributed by atoms with van der Waals surface area (Å²) in [4.78, 5) is 37.4. The monoisotopic (exact) mass is 399 g/mol. The smallest absolute Gasteiger partial charge is 0.265 e. The minimum atomic E-state index is -0.484. The molecule has 1 aliphatic heterocycles.